The van der Waals surface area contributed by atoms with Gasteiger partial charge >= 0.3 is 0 Å². The summed E-state index contributed by atoms with van der Waals surface area (Å²) < 4.78 is 3.00. The molecule has 1 aromatic heterocycles. The van der Waals surface area contributed by atoms with Crippen LogP contribution in [0.5, 0.6) is 0 Å². The predicted octanol–water partition coefficient (Wildman–Crippen LogP) is 4.46. The van der Waals surface area contributed by atoms with Crippen LogP contribution in [-0.2, 0) is 13.5 Å². The van der Waals surface area contributed by atoms with Crippen LogP contribution in [0, 0.1) is 0 Å². The van der Waals surface area contributed by atoms with E-state index < -0.39 is 0 Å². The van der Waals surface area contributed by atoms with Gasteiger partial charge in [-0.25, -0.2) is 4.98 Å². The Balaban J connectivity index is 2.19. The molecule has 2 rings (SSSR count). The molecule has 0 bridgehead atoms. The molecule has 17 heavy (non-hydrogen) atoms. The summed E-state index contributed by atoms with van der Waals surface area (Å²) in [6, 6.07) is 6.46. The van der Waals surface area contributed by atoms with Crippen LogP contribution >= 0.6 is 15.9 Å². The summed E-state index contributed by atoms with van der Waals surface area (Å²) in [4.78, 5) is 4.59. The molecule has 92 valence electrons. The lowest BCUT2D eigenvalue weighted by Gasteiger charge is -2.02. The first-order valence-corrected chi connectivity index (χ1v) is 7.13. The van der Waals surface area contributed by atoms with Crippen LogP contribution in [0.3, 0.4) is 0 Å². The molecule has 2 nitrogen and oxygen atoms in total. The number of fused-ring (bicyclic) bond motifs is 1. The molecule has 0 saturated heterocycles. The van der Waals surface area contributed by atoms with Gasteiger partial charge in [0.15, 0.2) is 4.73 Å². The zero-order chi connectivity index (χ0) is 12.3. The zero-order valence-corrected chi connectivity index (χ0v) is 12.1. The summed E-state index contributed by atoms with van der Waals surface area (Å²) in [6.45, 7) is 2.25. The lowest BCUT2D eigenvalue weighted by Crippen LogP contribution is -1.89. The number of para-hydroxylation sites is 1. The van der Waals surface area contributed by atoms with Gasteiger partial charge in [-0.15, -0.1) is 0 Å². The molecular weight excluding hydrogens is 276 g/mol. The van der Waals surface area contributed by atoms with E-state index in [4.69, 9.17) is 0 Å². The van der Waals surface area contributed by atoms with Crippen LogP contribution < -0.4 is 0 Å². The van der Waals surface area contributed by atoms with Crippen molar-refractivity contribution in [3.63, 3.8) is 0 Å². The van der Waals surface area contributed by atoms with E-state index in [1.807, 2.05) is 7.05 Å². The highest BCUT2D eigenvalue weighted by Gasteiger charge is 2.08. The number of hydrogen-bond acceptors (Lipinski definition) is 1. The van der Waals surface area contributed by atoms with Crippen molar-refractivity contribution in [3.8, 4) is 0 Å². The van der Waals surface area contributed by atoms with Crippen LogP contribution in [0.15, 0.2) is 22.9 Å². The summed E-state index contributed by atoms with van der Waals surface area (Å²) >= 11 is 3.49. The van der Waals surface area contributed by atoms with Crippen LogP contribution in [-0.4, -0.2) is 9.55 Å². The number of rotatable bonds is 5. The summed E-state index contributed by atoms with van der Waals surface area (Å²) in [5.74, 6) is 0. The third-order valence-corrected chi connectivity index (χ3v) is 3.95. The average Bonchev–Trinajstić information content (AvgIpc) is 2.62. The van der Waals surface area contributed by atoms with Crippen molar-refractivity contribution in [2.24, 2.45) is 7.05 Å². The van der Waals surface area contributed by atoms with Gasteiger partial charge in [-0.3, -0.25) is 0 Å². The van der Waals surface area contributed by atoms with E-state index in [2.05, 4.69) is 50.6 Å². The van der Waals surface area contributed by atoms with E-state index in [1.54, 1.807) is 0 Å². The summed E-state index contributed by atoms with van der Waals surface area (Å²) in [6.07, 6.45) is 6.35. The van der Waals surface area contributed by atoms with Crippen molar-refractivity contribution in [1.29, 1.82) is 0 Å². The van der Waals surface area contributed by atoms with Gasteiger partial charge in [0.2, 0.25) is 0 Å². The Morgan fingerprint density at radius 3 is 2.82 bits per heavy atom. The van der Waals surface area contributed by atoms with Crippen LogP contribution in [0.25, 0.3) is 11.0 Å². The Bertz CT molecular complexity index is 502. The van der Waals surface area contributed by atoms with Gasteiger partial charge in [0, 0.05) is 7.05 Å². The van der Waals surface area contributed by atoms with Crippen molar-refractivity contribution in [1.82, 2.24) is 9.55 Å². The second-order valence-electron chi connectivity index (χ2n) is 4.54. The highest BCUT2D eigenvalue weighted by molar-refractivity contribution is 9.10. The molecule has 0 atom stereocenters. The van der Waals surface area contributed by atoms with E-state index in [0.29, 0.717) is 0 Å². The minimum absolute atomic E-state index is 0.911. The fourth-order valence-corrected chi connectivity index (χ4v) is 2.56. The van der Waals surface area contributed by atoms with E-state index in [1.165, 1.54) is 36.8 Å². The van der Waals surface area contributed by atoms with Gasteiger partial charge in [-0.05, 0) is 40.4 Å². The third-order valence-electron chi connectivity index (χ3n) is 3.24. The maximum atomic E-state index is 4.59. The number of aromatic nitrogens is 2. The highest BCUT2D eigenvalue weighted by Crippen LogP contribution is 2.23. The molecule has 0 aliphatic rings. The van der Waals surface area contributed by atoms with E-state index in [0.717, 1.165) is 16.7 Å². The molecule has 0 aliphatic heterocycles. The van der Waals surface area contributed by atoms with Gasteiger partial charge in [-0.2, -0.15) is 0 Å². The minimum Gasteiger partial charge on any atom is -0.322 e. The fraction of sp³-hybridized carbons (Fsp3) is 0.500. The van der Waals surface area contributed by atoms with Crippen LogP contribution in [0.2, 0.25) is 0 Å². The highest BCUT2D eigenvalue weighted by atomic mass is 79.9. The molecule has 0 N–H and O–H groups in total. The molecule has 1 aromatic carbocycles. The number of halogens is 1. The monoisotopic (exact) mass is 294 g/mol. The molecule has 0 spiro atoms. The van der Waals surface area contributed by atoms with Gasteiger partial charge < -0.3 is 4.57 Å². The molecule has 0 fully saturated rings. The number of imidazole rings is 1. The Kier molecular flexibility index (Phi) is 4.21. The maximum absolute atomic E-state index is 4.59. The van der Waals surface area contributed by atoms with Crippen molar-refractivity contribution in [3.05, 3.63) is 28.5 Å². The Morgan fingerprint density at radius 2 is 2.06 bits per heavy atom. The largest absolute Gasteiger partial charge is 0.322 e. The number of hydrogen-bond donors (Lipinski definition) is 0. The molecule has 2 aromatic rings. The summed E-state index contributed by atoms with van der Waals surface area (Å²) in [5, 5.41) is 0. The van der Waals surface area contributed by atoms with Crippen molar-refractivity contribution < 1.29 is 0 Å². The standard InChI is InChI=1S/C14H19BrN2/c1-3-4-5-6-8-11-9-7-10-12-13(11)16-14(15)17(12)2/h7,9-10H,3-6,8H2,1-2H3. The number of aryl methyl sites for hydroxylation is 2. The first kappa shape index (κ1) is 12.6. The second kappa shape index (κ2) is 5.67. The number of benzene rings is 1. The maximum Gasteiger partial charge on any atom is 0.177 e. The van der Waals surface area contributed by atoms with Crippen molar-refractivity contribution in [2.75, 3.05) is 0 Å². The normalized spacial score (nSPS) is 11.2. The van der Waals surface area contributed by atoms with Gasteiger partial charge in [0.25, 0.3) is 0 Å². The molecule has 0 unspecified atom stereocenters. The molecule has 0 radical (unpaired) electrons. The van der Waals surface area contributed by atoms with Crippen molar-refractivity contribution >= 4 is 27.0 Å². The summed E-state index contributed by atoms with van der Waals surface area (Å²) in [5.41, 5.74) is 3.74. The average molecular weight is 295 g/mol. The Labute approximate surface area is 111 Å². The first-order chi connectivity index (χ1) is 8.24. The van der Waals surface area contributed by atoms with Gasteiger partial charge in [0.1, 0.15) is 0 Å². The molecule has 0 amide bonds. The minimum atomic E-state index is 0.911. The van der Waals surface area contributed by atoms with Gasteiger partial charge in [0.05, 0.1) is 11.0 Å². The molecule has 0 aliphatic carbocycles. The first-order valence-electron chi connectivity index (χ1n) is 6.34. The number of unbranched alkanes of at least 4 members (excludes halogenated alkanes) is 3. The van der Waals surface area contributed by atoms with Crippen LogP contribution in [0.1, 0.15) is 38.2 Å². The lowest BCUT2D eigenvalue weighted by molar-refractivity contribution is 0.668. The fourth-order valence-electron chi connectivity index (χ4n) is 2.19. The quantitative estimate of drug-likeness (QED) is 0.745. The Morgan fingerprint density at radius 1 is 1.24 bits per heavy atom. The Hall–Kier alpha value is -0.830. The topological polar surface area (TPSA) is 17.8 Å². The second-order valence-corrected chi connectivity index (χ2v) is 5.24. The van der Waals surface area contributed by atoms with Crippen molar-refractivity contribution in [2.45, 2.75) is 39.0 Å². The van der Waals surface area contributed by atoms with E-state index >= 15 is 0 Å². The van der Waals surface area contributed by atoms with E-state index in [9.17, 15) is 0 Å². The SMILES string of the molecule is CCCCCCc1cccc2c1nc(Br)n2C. The predicted molar refractivity (Wildman–Crippen MR) is 76.3 cm³/mol. The lowest BCUT2D eigenvalue weighted by atomic mass is 10.0. The van der Waals surface area contributed by atoms with Crippen LogP contribution in [0.4, 0.5) is 0 Å². The summed E-state index contributed by atoms with van der Waals surface area (Å²) in [7, 11) is 2.04. The molecule has 1 heterocycles. The van der Waals surface area contributed by atoms with E-state index in [-0.39, 0.29) is 0 Å². The zero-order valence-electron chi connectivity index (χ0n) is 10.5. The smallest absolute Gasteiger partial charge is 0.177 e. The third kappa shape index (κ3) is 2.71. The number of nitrogens with zero attached hydrogens (tertiary/aromatic N) is 2. The molecular formula is C14H19BrN2. The van der Waals surface area contributed by atoms with Gasteiger partial charge in [-0.1, -0.05) is 38.3 Å². The molecule has 0 saturated carbocycles. The molecule has 3 heteroatoms.